The highest BCUT2D eigenvalue weighted by Gasteiger charge is 2.22. The summed E-state index contributed by atoms with van der Waals surface area (Å²) in [5, 5.41) is 19.1. The first-order chi connectivity index (χ1) is 18.1. The highest BCUT2D eigenvalue weighted by molar-refractivity contribution is 7.18. The van der Waals surface area contributed by atoms with Gasteiger partial charge in [0.1, 0.15) is 0 Å². The predicted molar refractivity (Wildman–Crippen MR) is 139 cm³/mol. The third kappa shape index (κ3) is 4.33. The lowest BCUT2D eigenvalue weighted by atomic mass is 10.1. The maximum Gasteiger partial charge on any atom is 0.277 e. The molecule has 37 heavy (non-hydrogen) atoms. The number of rotatable bonds is 6. The van der Waals surface area contributed by atoms with Crippen LogP contribution in [-0.2, 0) is 11.3 Å². The van der Waals surface area contributed by atoms with E-state index in [0.29, 0.717) is 31.5 Å². The molecular formula is C24H23N9O3S. The van der Waals surface area contributed by atoms with Crippen molar-refractivity contribution in [2.24, 2.45) is 0 Å². The van der Waals surface area contributed by atoms with Crippen LogP contribution in [0, 0.1) is 0 Å². The number of ether oxygens (including phenoxy) is 1. The predicted octanol–water partition coefficient (Wildman–Crippen LogP) is 2.62. The van der Waals surface area contributed by atoms with Crippen LogP contribution in [0.25, 0.3) is 32.5 Å². The first kappa shape index (κ1) is 23.2. The van der Waals surface area contributed by atoms with Gasteiger partial charge in [0.2, 0.25) is 5.95 Å². The second kappa shape index (κ2) is 9.69. The van der Waals surface area contributed by atoms with Crippen molar-refractivity contribution in [3.63, 3.8) is 0 Å². The molecule has 6 rings (SSSR count). The molecule has 0 atom stereocenters. The van der Waals surface area contributed by atoms with Gasteiger partial charge in [-0.3, -0.25) is 15.1 Å². The van der Waals surface area contributed by atoms with Crippen molar-refractivity contribution in [1.82, 2.24) is 35.6 Å². The van der Waals surface area contributed by atoms with Gasteiger partial charge >= 0.3 is 0 Å². The number of morpholine rings is 1. The van der Waals surface area contributed by atoms with Crippen molar-refractivity contribution in [3.8, 4) is 11.4 Å². The van der Waals surface area contributed by atoms with Crippen LogP contribution in [0.3, 0.4) is 0 Å². The summed E-state index contributed by atoms with van der Waals surface area (Å²) >= 11 is 1.62. The average molecular weight is 518 g/mol. The Morgan fingerprint density at radius 1 is 1.22 bits per heavy atom. The summed E-state index contributed by atoms with van der Waals surface area (Å²) in [7, 11) is 1.88. The summed E-state index contributed by atoms with van der Waals surface area (Å²) in [4.78, 5) is 34.4. The topological polar surface area (TPSA) is 145 Å². The summed E-state index contributed by atoms with van der Waals surface area (Å²) in [6, 6.07) is 5.96. The number of hydrogen-bond acceptors (Lipinski definition) is 11. The fourth-order valence-corrected chi connectivity index (χ4v) is 5.38. The van der Waals surface area contributed by atoms with Gasteiger partial charge in [0, 0.05) is 55.6 Å². The van der Waals surface area contributed by atoms with Crippen molar-refractivity contribution < 1.29 is 14.7 Å². The van der Waals surface area contributed by atoms with E-state index in [-0.39, 0.29) is 5.56 Å². The molecule has 0 bridgehead atoms. The van der Waals surface area contributed by atoms with E-state index in [4.69, 9.17) is 19.9 Å². The molecular weight excluding hydrogens is 494 g/mol. The van der Waals surface area contributed by atoms with E-state index in [1.54, 1.807) is 23.0 Å². The molecule has 5 aromatic rings. The Morgan fingerprint density at radius 3 is 2.81 bits per heavy atom. The molecule has 1 amide bonds. The van der Waals surface area contributed by atoms with Crippen LogP contribution in [0.5, 0.6) is 0 Å². The van der Waals surface area contributed by atoms with Crippen LogP contribution < -0.4 is 15.3 Å². The van der Waals surface area contributed by atoms with E-state index >= 15 is 0 Å². The molecule has 1 saturated heterocycles. The smallest absolute Gasteiger partial charge is 0.277 e. The minimum absolute atomic E-state index is 0.168. The number of aromatic amines is 1. The van der Waals surface area contributed by atoms with Crippen LogP contribution in [0.15, 0.2) is 42.2 Å². The molecule has 0 radical (unpaired) electrons. The number of carbonyl (C=O) groups is 1. The van der Waals surface area contributed by atoms with Crippen molar-refractivity contribution in [3.05, 3.63) is 53.3 Å². The number of H-pyrrole nitrogens is 1. The van der Waals surface area contributed by atoms with Gasteiger partial charge in [0.05, 0.1) is 40.7 Å². The van der Waals surface area contributed by atoms with Gasteiger partial charge in [0.25, 0.3) is 5.91 Å². The highest BCUT2D eigenvalue weighted by Crippen LogP contribution is 2.36. The van der Waals surface area contributed by atoms with Crippen molar-refractivity contribution in [1.29, 1.82) is 0 Å². The van der Waals surface area contributed by atoms with E-state index < -0.39 is 5.91 Å². The zero-order valence-corrected chi connectivity index (χ0v) is 20.7. The SMILES string of the molecule is CN(Cc1csc2c(N3CCOCC3)nc(-c3cccc4[nH]ncc34)nc12)c1ncc(C(=O)NO)cn1. The van der Waals surface area contributed by atoms with Crippen LogP contribution in [0.4, 0.5) is 11.8 Å². The van der Waals surface area contributed by atoms with Gasteiger partial charge in [-0.25, -0.2) is 25.4 Å². The number of benzene rings is 1. The summed E-state index contributed by atoms with van der Waals surface area (Å²) in [6.07, 6.45) is 4.55. The first-order valence-corrected chi connectivity index (χ1v) is 12.5. The van der Waals surface area contributed by atoms with Crippen LogP contribution in [0.2, 0.25) is 0 Å². The number of hydroxylamine groups is 1. The zero-order chi connectivity index (χ0) is 25.4. The van der Waals surface area contributed by atoms with E-state index in [2.05, 4.69) is 30.4 Å². The van der Waals surface area contributed by atoms with Gasteiger partial charge in [0.15, 0.2) is 11.6 Å². The molecule has 4 aromatic heterocycles. The van der Waals surface area contributed by atoms with Crippen LogP contribution >= 0.6 is 11.3 Å². The molecule has 13 heteroatoms. The minimum atomic E-state index is -0.662. The Bertz CT molecular complexity index is 1580. The van der Waals surface area contributed by atoms with Gasteiger partial charge in [-0.15, -0.1) is 11.3 Å². The van der Waals surface area contributed by atoms with Crippen LogP contribution in [-0.4, -0.2) is 74.6 Å². The molecule has 5 heterocycles. The number of nitrogens with one attached hydrogen (secondary N) is 2. The van der Waals surface area contributed by atoms with Gasteiger partial charge in [-0.05, 0) is 11.4 Å². The lowest BCUT2D eigenvalue weighted by Crippen LogP contribution is -2.36. The Kier molecular flexibility index (Phi) is 6.08. The third-order valence-corrected chi connectivity index (χ3v) is 7.27. The quantitative estimate of drug-likeness (QED) is 0.227. The fourth-order valence-electron chi connectivity index (χ4n) is 4.36. The van der Waals surface area contributed by atoms with Gasteiger partial charge in [-0.2, -0.15) is 5.10 Å². The van der Waals surface area contributed by atoms with Crippen molar-refractivity contribution >= 4 is 50.1 Å². The molecule has 1 fully saturated rings. The standard InChI is InChI=1S/C24H23N9O3S/c1-32(24-25-9-14(10-26-24)23(34)31-35)12-15-13-37-20-19(15)28-21(29-22(20)33-5-7-36-8-6-33)16-3-2-4-18-17(16)11-27-30-18/h2-4,9-11,13,35H,5-8,12H2,1H3,(H,27,30)(H,31,34). The highest BCUT2D eigenvalue weighted by atomic mass is 32.1. The molecule has 12 nitrogen and oxygen atoms in total. The van der Waals surface area contributed by atoms with Crippen molar-refractivity contribution in [2.45, 2.75) is 6.54 Å². The summed E-state index contributed by atoms with van der Waals surface area (Å²) in [5.41, 5.74) is 5.48. The second-order valence-electron chi connectivity index (χ2n) is 8.61. The van der Waals surface area contributed by atoms with Gasteiger partial charge < -0.3 is 14.5 Å². The molecule has 1 aliphatic rings. The summed E-state index contributed by atoms with van der Waals surface area (Å²) in [5.74, 6) is 1.32. The first-order valence-electron chi connectivity index (χ1n) is 11.6. The fraction of sp³-hybridized carbons (Fsp3) is 0.250. The van der Waals surface area contributed by atoms with Crippen molar-refractivity contribution in [2.75, 3.05) is 43.2 Å². The molecule has 3 N–H and O–H groups in total. The zero-order valence-electron chi connectivity index (χ0n) is 19.9. The van der Waals surface area contributed by atoms with E-state index in [9.17, 15) is 4.79 Å². The van der Waals surface area contributed by atoms with E-state index in [1.807, 2.05) is 30.1 Å². The normalized spacial score (nSPS) is 13.8. The molecule has 0 unspecified atom stereocenters. The number of carbonyl (C=O) groups excluding carboxylic acids is 1. The largest absolute Gasteiger partial charge is 0.378 e. The van der Waals surface area contributed by atoms with E-state index in [1.165, 1.54) is 12.4 Å². The maximum atomic E-state index is 11.6. The van der Waals surface area contributed by atoms with Gasteiger partial charge in [-0.1, -0.05) is 12.1 Å². The number of aromatic nitrogens is 6. The third-order valence-electron chi connectivity index (χ3n) is 6.26. The lowest BCUT2D eigenvalue weighted by molar-refractivity contribution is 0.0705. The lowest BCUT2D eigenvalue weighted by Gasteiger charge is -2.28. The van der Waals surface area contributed by atoms with E-state index in [0.717, 1.165) is 51.2 Å². The second-order valence-corrected chi connectivity index (χ2v) is 9.49. The molecule has 0 aliphatic carbocycles. The molecule has 188 valence electrons. The van der Waals surface area contributed by atoms with Crippen LogP contribution in [0.1, 0.15) is 15.9 Å². The molecule has 1 aliphatic heterocycles. The number of anilines is 2. The number of hydrogen-bond donors (Lipinski definition) is 3. The average Bonchev–Trinajstić information content (AvgIpc) is 3.60. The molecule has 1 aromatic carbocycles. The monoisotopic (exact) mass is 517 g/mol. The number of nitrogens with zero attached hydrogens (tertiary/aromatic N) is 7. The maximum absolute atomic E-state index is 11.6. The Morgan fingerprint density at radius 2 is 2.03 bits per heavy atom. The minimum Gasteiger partial charge on any atom is -0.378 e. The number of thiophene rings is 1. The Balaban J connectivity index is 1.41. The number of fused-ring (bicyclic) bond motifs is 2. The number of amides is 1. The Labute approximate surface area is 214 Å². The summed E-state index contributed by atoms with van der Waals surface area (Å²) < 4.78 is 6.60. The Hall–Kier alpha value is -4.20. The molecule has 0 saturated carbocycles. The molecule has 0 spiro atoms. The summed E-state index contributed by atoms with van der Waals surface area (Å²) in [6.45, 7) is 3.33.